The van der Waals surface area contributed by atoms with E-state index >= 15 is 0 Å². The van der Waals surface area contributed by atoms with Crippen LogP contribution < -0.4 is 5.32 Å². The standard InChI is InChI=1S/C5H11NO2S/c1-9-5(8)6-3-2-4-7/h7H,2-4H2,1H3,(H,6,8). The Labute approximate surface area is 58.8 Å². The van der Waals surface area contributed by atoms with Crippen molar-refractivity contribution in [2.75, 3.05) is 19.4 Å². The van der Waals surface area contributed by atoms with Crippen LogP contribution in [-0.4, -0.2) is 29.8 Å². The van der Waals surface area contributed by atoms with E-state index < -0.39 is 0 Å². The zero-order valence-corrected chi connectivity index (χ0v) is 6.20. The Hall–Kier alpha value is -0.220. The molecule has 1 amide bonds. The lowest BCUT2D eigenvalue weighted by atomic mass is 10.5. The van der Waals surface area contributed by atoms with Gasteiger partial charge < -0.3 is 10.4 Å². The van der Waals surface area contributed by atoms with Gasteiger partial charge in [-0.1, -0.05) is 11.8 Å². The SMILES string of the molecule is CSC(=O)NCCCO. The summed E-state index contributed by atoms with van der Waals surface area (Å²) in [6.07, 6.45) is 2.35. The maximum absolute atomic E-state index is 10.5. The molecule has 0 aromatic heterocycles. The topological polar surface area (TPSA) is 49.3 Å². The van der Waals surface area contributed by atoms with Gasteiger partial charge in [0.05, 0.1) is 0 Å². The van der Waals surface area contributed by atoms with Crippen LogP contribution in [0.25, 0.3) is 0 Å². The largest absolute Gasteiger partial charge is 0.396 e. The second-order valence-electron chi connectivity index (χ2n) is 1.50. The second-order valence-corrected chi connectivity index (χ2v) is 2.27. The number of amides is 1. The Morgan fingerprint density at radius 3 is 2.89 bits per heavy atom. The highest BCUT2D eigenvalue weighted by Crippen LogP contribution is 1.91. The molecule has 0 atom stereocenters. The maximum atomic E-state index is 10.5. The Balaban J connectivity index is 2.97. The van der Waals surface area contributed by atoms with Crippen molar-refractivity contribution in [1.29, 1.82) is 0 Å². The Bertz CT molecular complexity index is 87.0. The quantitative estimate of drug-likeness (QED) is 0.572. The first-order chi connectivity index (χ1) is 4.31. The highest BCUT2D eigenvalue weighted by Gasteiger charge is 1.93. The molecular formula is C5H11NO2S. The summed E-state index contributed by atoms with van der Waals surface area (Å²) in [4.78, 5) is 10.5. The van der Waals surface area contributed by atoms with Crippen molar-refractivity contribution in [1.82, 2.24) is 5.32 Å². The van der Waals surface area contributed by atoms with Crippen molar-refractivity contribution in [3.8, 4) is 0 Å². The molecule has 0 aliphatic heterocycles. The average molecular weight is 149 g/mol. The molecule has 0 aliphatic carbocycles. The van der Waals surface area contributed by atoms with Gasteiger partial charge in [0.2, 0.25) is 0 Å². The third-order valence-electron chi connectivity index (χ3n) is 0.790. The van der Waals surface area contributed by atoms with Gasteiger partial charge in [-0.2, -0.15) is 0 Å². The van der Waals surface area contributed by atoms with E-state index in [0.717, 1.165) is 11.8 Å². The predicted octanol–water partition coefficient (Wildman–Crippen LogP) is 0.441. The summed E-state index contributed by atoms with van der Waals surface area (Å²) in [7, 11) is 0. The fraction of sp³-hybridized carbons (Fsp3) is 0.800. The average Bonchev–Trinajstić information content (AvgIpc) is 1.89. The number of carbonyl (C=O) groups excluding carboxylic acids is 1. The van der Waals surface area contributed by atoms with Crippen molar-refractivity contribution in [2.45, 2.75) is 6.42 Å². The minimum Gasteiger partial charge on any atom is -0.396 e. The van der Waals surface area contributed by atoms with Crippen molar-refractivity contribution >= 4 is 17.0 Å². The number of aliphatic hydroxyl groups is 1. The van der Waals surface area contributed by atoms with Crippen molar-refractivity contribution < 1.29 is 9.90 Å². The van der Waals surface area contributed by atoms with E-state index in [-0.39, 0.29) is 11.8 Å². The molecule has 3 nitrogen and oxygen atoms in total. The van der Waals surface area contributed by atoms with E-state index in [4.69, 9.17) is 5.11 Å². The van der Waals surface area contributed by atoms with Crippen LogP contribution in [0.4, 0.5) is 4.79 Å². The Kier molecular flexibility index (Phi) is 5.76. The molecule has 0 bridgehead atoms. The van der Waals surface area contributed by atoms with Crippen molar-refractivity contribution in [3.05, 3.63) is 0 Å². The normalized spacial score (nSPS) is 9.11. The van der Waals surface area contributed by atoms with Crippen LogP contribution in [0.5, 0.6) is 0 Å². The molecule has 0 saturated carbocycles. The summed E-state index contributed by atoms with van der Waals surface area (Å²) in [6.45, 7) is 0.699. The van der Waals surface area contributed by atoms with E-state index in [1.807, 2.05) is 0 Å². The number of carbonyl (C=O) groups is 1. The number of rotatable bonds is 3. The minimum absolute atomic E-state index is 0.0385. The zero-order valence-electron chi connectivity index (χ0n) is 5.39. The van der Waals surface area contributed by atoms with Crippen molar-refractivity contribution in [2.24, 2.45) is 0 Å². The summed E-state index contributed by atoms with van der Waals surface area (Å²) in [5, 5.41) is 10.9. The van der Waals surface area contributed by atoms with Gasteiger partial charge in [0, 0.05) is 13.2 Å². The second kappa shape index (κ2) is 5.91. The molecule has 2 N–H and O–H groups in total. The zero-order chi connectivity index (χ0) is 7.11. The summed E-state index contributed by atoms with van der Waals surface area (Å²) in [5.74, 6) is 0. The first-order valence-electron chi connectivity index (χ1n) is 2.74. The van der Waals surface area contributed by atoms with Gasteiger partial charge in [0.15, 0.2) is 0 Å². The molecule has 0 aromatic rings. The van der Waals surface area contributed by atoms with Crippen LogP contribution in [0, 0.1) is 0 Å². The predicted molar refractivity (Wildman–Crippen MR) is 38.6 cm³/mol. The lowest BCUT2D eigenvalue weighted by molar-refractivity contribution is 0.257. The number of nitrogens with one attached hydrogen (secondary N) is 1. The Morgan fingerprint density at radius 2 is 2.44 bits per heavy atom. The number of hydrogen-bond donors (Lipinski definition) is 2. The summed E-state index contributed by atoms with van der Waals surface area (Å²) < 4.78 is 0. The third-order valence-corrected chi connectivity index (χ3v) is 1.30. The van der Waals surface area contributed by atoms with Gasteiger partial charge >= 0.3 is 0 Å². The number of aliphatic hydroxyl groups excluding tert-OH is 1. The van der Waals surface area contributed by atoms with Gasteiger partial charge in [0.25, 0.3) is 5.24 Å². The van der Waals surface area contributed by atoms with E-state index in [1.165, 1.54) is 0 Å². The molecule has 0 rings (SSSR count). The third kappa shape index (κ3) is 5.65. The van der Waals surface area contributed by atoms with Crippen LogP contribution >= 0.6 is 11.8 Å². The fourth-order valence-electron chi connectivity index (χ4n) is 0.342. The summed E-state index contributed by atoms with van der Waals surface area (Å²) in [5.41, 5.74) is 0. The highest BCUT2D eigenvalue weighted by atomic mass is 32.2. The van der Waals surface area contributed by atoms with E-state index in [2.05, 4.69) is 5.32 Å². The molecule has 9 heavy (non-hydrogen) atoms. The summed E-state index contributed by atoms with van der Waals surface area (Å²) in [6, 6.07) is 0. The monoisotopic (exact) mass is 149 g/mol. The molecule has 4 heteroatoms. The van der Waals surface area contributed by atoms with Crippen LogP contribution in [0.1, 0.15) is 6.42 Å². The molecule has 0 saturated heterocycles. The van der Waals surface area contributed by atoms with Crippen LogP contribution in [-0.2, 0) is 0 Å². The lowest BCUT2D eigenvalue weighted by Crippen LogP contribution is -2.20. The van der Waals surface area contributed by atoms with Gasteiger partial charge in [-0.15, -0.1) is 0 Å². The summed E-state index contributed by atoms with van der Waals surface area (Å²) >= 11 is 1.14. The van der Waals surface area contributed by atoms with E-state index in [1.54, 1.807) is 6.26 Å². The van der Waals surface area contributed by atoms with E-state index in [9.17, 15) is 4.79 Å². The smallest absolute Gasteiger partial charge is 0.278 e. The van der Waals surface area contributed by atoms with Crippen LogP contribution in [0.2, 0.25) is 0 Å². The first-order valence-corrected chi connectivity index (χ1v) is 3.96. The Morgan fingerprint density at radius 1 is 1.78 bits per heavy atom. The molecule has 0 aliphatic rings. The first kappa shape index (κ1) is 8.78. The van der Waals surface area contributed by atoms with E-state index in [0.29, 0.717) is 13.0 Å². The van der Waals surface area contributed by atoms with Crippen LogP contribution in [0.15, 0.2) is 0 Å². The lowest BCUT2D eigenvalue weighted by Gasteiger charge is -1.98. The van der Waals surface area contributed by atoms with Crippen LogP contribution in [0.3, 0.4) is 0 Å². The molecule has 0 unspecified atom stereocenters. The van der Waals surface area contributed by atoms with Gasteiger partial charge in [0.1, 0.15) is 0 Å². The van der Waals surface area contributed by atoms with Crippen molar-refractivity contribution in [3.63, 3.8) is 0 Å². The molecule has 0 spiro atoms. The fourth-order valence-corrected chi connectivity index (χ4v) is 0.588. The minimum atomic E-state index is -0.0385. The number of thioether (sulfide) groups is 1. The van der Waals surface area contributed by atoms with Gasteiger partial charge in [-0.25, -0.2) is 0 Å². The molecule has 0 aromatic carbocycles. The van der Waals surface area contributed by atoms with Gasteiger partial charge in [-0.3, -0.25) is 4.79 Å². The molecule has 0 radical (unpaired) electrons. The molecular weight excluding hydrogens is 138 g/mol. The maximum Gasteiger partial charge on any atom is 0.278 e. The van der Waals surface area contributed by atoms with Gasteiger partial charge in [-0.05, 0) is 12.7 Å². The number of hydrogen-bond acceptors (Lipinski definition) is 3. The molecule has 54 valence electrons. The highest BCUT2D eigenvalue weighted by molar-refractivity contribution is 8.12. The molecule has 0 heterocycles. The molecule has 0 fully saturated rings.